The first kappa shape index (κ1) is 10.3. The Labute approximate surface area is 83.1 Å². The smallest absolute Gasteiger partial charge is 0.310 e. The molecule has 1 heterocycles. The van der Waals surface area contributed by atoms with Gasteiger partial charge >= 0.3 is 5.97 Å². The maximum Gasteiger partial charge on any atom is 0.310 e. The summed E-state index contributed by atoms with van der Waals surface area (Å²) in [7, 11) is 0. The molecule has 1 saturated heterocycles. The zero-order valence-corrected chi connectivity index (χ0v) is 7.67. The third-order valence-corrected chi connectivity index (χ3v) is 2.01. The van der Waals surface area contributed by atoms with Gasteiger partial charge in [0, 0.05) is 1.37 Å². The van der Waals surface area contributed by atoms with Crippen LogP contribution >= 0.6 is 0 Å². The Morgan fingerprint density at radius 2 is 2.29 bits per heavy atom. The molecule has 0 saturated carbocycles. The van der Waals surface area contributed by atoms with Crippen LogP contribution < -0.4 is 0 Å². The van der Waals surface area contributed by atoms with E-state index >= 15 is 0 Å². The number of hydrogen-bond donors (Lipinski definition) is 4. The van der Waals surface area contributed by atoms with E-state index in [1.165, 1.54) is 0 Å². The highest BCUT2D eigenvalue weighted by Crippen LogP contribution is 2.25. The second-order valence-electron chi connectivity index (χ2n) is 3.15. The summed E-state index contributed by atoms with van der Waals surface area (Å²) >= 11 is 0. The number of hydrogen-bond acceptors (Lipinski definition) is 6. The third kappa shape index (κ3) is 2.22. The largest absolute Gasteiger partial charge is 0.388 e. The van der Waals surface area contributed by atoms with Crippen molar-refractivity contribution in [3.8, 4) is 0 Å². The molecule has 1 aliphatic heterocycles. The van der Waals surface area contributed by atoms with Crippen molar-refractivity contribution in [3.63, 3.8) is 0 Å². The van der Waals surface area contributed by atoms with Gasteiger partial charge in [-0.1, -0.05) is 6.90 Å². The number of aliphatic hydroxyl groups is 4. The Hall–Kier alpha value is -0.240. The molecule has 1 rings (SSSR count). The molecule has 4 N–H and O–H groups in total. The fourth-order valence-electron chi connectivity index (χ4n) is 1.16. The predicted molar refractivity (Wildman–Crippen MR) is 45.2 cm³/mol. The van der Waals surface area contributed by atoms with Gasteiger partial charge in [-0.3, -0.25) is 0 Å². The molecule has 6 nitrogen and oxygen atoms in total. The molecule has 0 aromatic heterocycles. The monoisotopic (exact) mass is 209 g/mol. The lowest BCUT2D eigenvalue weighted by molar-refractivity contribution is -0.430. The zero-order valence-electron chi connectivity index (χ0n) is 8.67. The van der Waals surface area contributed by atoms with Gasteiger partial charge in [0.2, 0.25) is 0 Å². The summed E-state index contributed by atoms with van der Waals surface area (Å²) in [5.74, 6) is -2.30. The van der Waals surface area contributed by atoms with Crippen LogP contribution in [0.3, 0.4) is 0 Å². The lowest BCUT2D eigenvalue weighted by atomic mass is 10.0. The van der Waals surface area contributed by atoms with Crippen LogP contribution in [-0.2, 0) is 9.47 Å². The summed E-state index contributed by atoms with van der Waals surface area (Å²) in [5, 5.41) is 37.4. The molecule has 0 spiro atoms. The van der Waals surface area contributed by atoms with E-state index in [1.807, 2.05) is 0 Å². The van der Waals surface area contributed by atoms with Gasteiger partial charge in [-0.15, -0.1) is 0 Å². The van der Waals surface area contributed by atoms with Crippen molar-refractivity contribution in [1.82, 2.24) is 0 Å². The van der Waals surface area contributed by atoms with Gasteiger partial charge in [0.15, 0.2) is 6.10 Å². The molecule has 0 radical (unpaired) electrons. The zero-order chi connectivity index (χ0) is 11.5. The van der Waals surface area contributed by atoms with Crippen LogP contribution in [0, 0.1) is 0 Å². The minimum absolute atomic E-state index is 0.0277. The van der Waals surface area contributed by atoms with E-state index in [-0.39, 0.29) is 20.1 Å². The third-order valence-electron chi connectivity index (χ3n) is 2.01. The van der Waals surface area contributed by atoms with Gasteiger partial charge in [0.25, 0.3) is 0 Å². The second kappa shape index (κ2) is 4.52. The molecule has 14 heavy (non-hydrogen) atoms. The van der Waals surface area contributed by atoms with Crippen LogP contribution in [0.1, 0.15) is 14.7 Å². The van der Waals surface area contributed by atoms with Gasteiger partial charge in [-0.05, 0) is 6.42 Å². The first-order valence-electron chi connectivity index (χ1n) is 5.05. The summed E-state index contributed by atoms with van der Waals surface area (Å²) in [6.07, 6.45) is -4.12. The standard InChI is InChI=1S/C8H16O6/c1-2-3-13-8(12)7(11)6(10)5(9)4-14-8/h5-7,9-12H,2-4H2,1H3/t5-,6-,7+,8?/m1/s1/i1D. The van der Waals surface area contributed by atoms with Gasteiger partial charge in [0.05, 0.1) is 13.2 Å². The Bertz CT molecular complexity index is 204. The fourth-order valence-corrected chi connectivity index (χ4v) is 1.16. The van der Waals surface area contributed by atoms with Crippen molar-refractivity contribution in [1.29, 1.82) is 0 Å². The molecule has 1 fully saturated rings. The van der Waals surface area contributed by atoms with E-state index in [9.17, 15) is 15.3 Å². The quantitative estimate of drug-likeness (QED) is 0.322. The maximum atomic E-state index is 9.63. The van der Waals surface area contributed by atoms with E-state index in [4.69, 9.17) is 16.0 Å². The van der Waals surface area contributed by atoms with Crippen LogP contribution in [-0.4, -0.2) is 57.9 Å². The van der Waals surface area contributed by atoms with Gasteiger partial charge in [0.1, 0.15) is 12.2 Å². The van der Waals surface area contributed by atoms with Crippen molar-refractivity contribution in [2.45, 2.75) is 37.6 Å². The molecule has 0 aromatic rings. The Kier molecular flexibility index (Phi) is 3.32. The molecular formula is C8H16O6. The van der Waals surface area contributed by atoms with E-state index in [2.05, 4.69) is 0 Å². The van der Waals surface area contributed by atoms with Crippen LogP contribution in [0.4, 0.5) is 0 Å². The van der Waals surface area contributed by atoms with E-state index in [0.29, 0.717) is 6.42 Å². The summed E-state index contributed by atoms with van der Waals surface area (Å²) in [6.45, 7) is -0.174. The molecule has 0 amide bonds. The number of ether oxygens (including phenoxy) is 2. The Morgan fingerprint density at radius 1 is 1.57 bits per heavy atom. The van der Waals surface area contributed by atoms with Crippen LogP contribution in [0.2, 0.25) is 0 Å². The first-order chi connectivity index (χ1) is 7.01. The average Bonchev–Trinajstić information content (AvgIpc) is 2.22. The van der Waals surface area contributed by atoms with E-state index in [1.54, 1.807) is 0 Å². The molecule has 1 unspecified atom stereocenters. The van der Waals surface area contributed by atoms with Crippen LogP contribution in [0.15, 0.2) is 0 Å². The Morgan fingerprint density at radius 3 is 2.93 bits per heavy atom. The summed E-state index contributed by atoms with van der Waals surface area (Å²) in [4.78, 5) is 0. The van der Waals surface area contributed by atoms with Gasteiger partial charge in [-0.25, -0.2) is 0 Å². The predicted octanol–water partition coefficient (Wildman–Crippen LogP) is -1.83. The minimum Gasteiger partial charge on any atom is -0.388 e. The van der Waals surface area contributed by atoms with Crippen molar-refractivity contribution in [2.75, 3.05) is 13.2 Å². The highest BCUT2D eigenvalue weighted by molar-refractivity contribution is 4.86. The molecule has 6 heteroatoms. The molecule has 0 aromatic carbocycles. The van der Waals surface area contributed by atoms with Crippen LogP contribution in [0.5, 0.6) is 0 Å². The lowest BCUT2D eigenvalue weighted by Crippen LogP contribution is -2.62. The molecular weight excluding hydrogens is 192 g/mol. The highest BCUT2D eigenvalue weighted by Gasteiger charge is 2.49. The topological polar surface area (TPSA) is 99.4 Å². The molecule has 84 valence electrons. The molecule has 4 atom stereocenters. The van der Waals surface area contributed by atoms with Crippen molar-refractivity contribution in [2.24, 2.45) is 0 Å². The maximum absolute atomic E-state index is 9.63. The van der Waals surface area contributed by atoms with Crippen molar-refractivity contribution in [3.05, 3.63) is 0 Å². The summed E-state index contributed by atoms with van der Waals surface area (Å²) in [6, 6.07) is 0. The average molecular weight is 209 g/mol. The highest BCUT2D eigenvalue weighted by atomic mass is 16.8. The SMILES string of the molecule is [2H]CCCOC1(O)OC[C@@H](O)[C@@H](O)[C@@H]1O. The summed E-state index contributed by atoms with van der Waals surface area (Å²) in [5.41, 5.74) is 0. The molecule has 0 bridgehead atoms. The summed E-state index contributed by atoms with van der Waals surface area (Å²) < 4.78 is 16.4. The fraction of sp³-hybridized carbons (Fsp3) is 1.00. The van der Waals surface area contributed by atoms with Gasteiger partial charge < -0.3 is 29.9 Å². The van der Waals surface area contributed by atoms with E-state index < -0.39 is 24.3 Å². The van der Waals surface area contributed by atoms with Crippen molar-refractivity contribution < 1.29 is 31.3 Å². The van der Waals surface area contributed by atoms with Gasteiger partial charge in [-0.2, -0.15) is 0 Å². The normalized spacial score (nSPS) is 44.9. The first-order valence-corrected chi connectivity index (χ1v) is 4.35. The molecule has 0 aliphatic carbocycles. The Balaban J connectivity index is 2.51. The lowest BCUT2D eigenvalue weighted by Gasteiger charge is -2.40. The second-order valence-corrected chi connectivity index (χ2v) is 3.15. The van der Waals surface area contributed by atoms with Crippen LogP contribution in [0.25, 0.3) is 0 Å². The number of aliphatic hydroxyl groups excluding tert-OH is 3. The minimum atomic E-state index is -2.30. The van der Waals surface area contributed by atoms with E-state index in [0.717, 1.165) is 0 Å². The molecule has 1 aliphatic rings. The number of rotatable bonds is 3. The van der Waals surface area contributed by atoms with Crippen molar-refractivity contribution >= 4 is 0 Å².